The highest BCUT2D eigenvalue weighted by Crippen LogP contribution is 2.40. The lowest BCUT2D eigenvalue weighted by Crippen LogP contribution is -2.15. The lowest BCUT2D eigenvalue weighted by molar-refractivity contribution is 0.171. The molecule has 0 saturated carbocycles. The zero-order valence-electron chi connectivity index (χ0n) is 11.7. The van der Waals surface area contributed by atoms with E-state index in [1.54, 1.807) is 0 Å². The second kappa shape index (κ2) is 6.29. The third-order valence-corrected chi connectivity index (χ3v) is 4.61. The molecule has 0 aliphatic carbocycles. The molecule has 0 N–H and O–H groups in total. The van der Waals surface area contributed by atoms with Crippen molar-refractivity contribution in [2.75, 3.05) is 13.2 Å². The van der Waals surface area contributed by atoms with Gasteiger partial charge in [-0.3, -0.25) is 0 Å². The normalized spacial score (nSPS) is 14.8. The molecular formula is C17H16BrClO2. The predicted molar refractivity (Wildman–Crippen MR) is 88.6 cm³/mol. The van der Waals surface area contributed by atoms with Gasteiger partial charge in [0, 0.05) is 4.47 Å². The molecule has 0 spiro atoms. The first-order valence-electron chi connectivity index (χ1n) is 6.92. The minimum atomic E-state index is -0.113. The van der Waals surface area contributed by atoms with Crippen LogP contribution in [0.4, 0.5) is 0 Å². The van der Waals surface area contributed by atoms with Crippen molar-refractivity contribution in [3.63, 3.8) is 0 Å². The second-order valence-electron chi connectivity index (χ2n) is 5.17. The molecule has 0 radical (unpaired) electrons. The van der Waals surface area contributed by atoms with Gasteiger partial charge in [0.2, 0.25) is 0 Å². The van der Waals surface area contributed by atoms with Crippen molar-refractivity contribution < 1.29 is 9.47 Å². The van der Waals surface area contributed by atoms with Crippen LogP contribution in [0.2, 0.25) is 0 Å². The Hall–Kier alpha value is -1.19. The SMILES string of the molecule is Cc1ccc(CC(Cl)c2cc3c(cc2Br)OCCO3)cc1. The fourth-order valence-electron chi connectivity index (χ4n) is 2.36. The van der Waals surface area contributed by atoms with Gasteiger partial charge in [0.25, 0.3) is 0 Å². The number of hydrogen-bond acceptors (Lipinski definition) is 2. The number of aryl methyl sites for hydroxylation is 1. The molecule has 2 nitrogen and oxygen atoms in total. The number of rotatable bonds is 3. The van der Waals surface area contributed by atoms with Crippen LogP contribution in [0.1, 0.15) is 22.1 Å². The zero-order chi connectivity index (χ0) is 14.8. The van der Waals surface area contributed by atoms with Crippen molar-refractivity contribution >= 4 is 27.5 Å². The Morgan fingerprint density at radius 3 is 2.38 bits per heavy atom. The summed E-state index contributed by atoms with van der Waals surface area (Å²) in [5.41, 5.74) is 3.51. The summed E-state index contributed by atoms with van der Waals surface area (Å²) in [6, 6.07) is 12.4. The fraction of sp³-hybridized carbons (Fsp3) is 0.294. The Kier molecular flexibility index (Phi) is 4.41. The Labute approximate surface area is 138 Å². The number of hydrogen-bond donors (Lipinski definition) is 0. The van der Waals surface area contributed by atoms with Crippen molar-refractivity contribution in [3.8, 4) is 11.5 Å². The molecule has 2 aromatic rings. The average Bonchev–Trinajstić information content (AvgIpc) is 2.49. The maximum atomic E-state index is 6.60. The monoisotopic (exact) mass is 366 g/mol. The van der Waals surface area contributed by atoms with Gasteiger partial charge in [-0.1, -0.05) is 45.8 Å². The molecule has 0 bridgehead atoms. The molecular weight excluding hydrogens is 352 g/mol. The van der Waals surface area contributed by atoms with Crippen LogP contribution in [-0.4, -0.2) is 13.2 Å². The summed E-state index contributed by atoms with van der Waals surface area (Å²) in [6.07, 6.45) is 0.778. The number of benzene rings is 2. The lowest BCUT2D eigenvalue weighted by Gasteiger charge is -2.21. The number of halogens is 2. The molecule has 1 aliphatic heterocycles. The van der Waals surface area contributed by atoms with Crippen LogP contribution < -0.4 is 9.47 Å². The lowest BCUT2D eigenvalue weighted by atomic mass is 10.0. The van der Waals surface area contributed by atoms with E-state index in [1.807, 2.05) is 12.1 Å². The molecule has 2 aromatic carbocycles. The Bertz CT molecular complexity index is 640. The zero-order valence-corrected chi connectivity index (χ0v) is 14.1. The van der Waals surface area contributed by atoms with Gasteiger partial charge in [-0.2, -0.15) is 0 Å². The van der Waals surface area contributed by atoms with Crippen LogP contribution in [0.3, 0.4) is 0 Å². The first kappa shape index (κ1) is 14.7. The standard InChI is InChI=1S/C17H16BrClO2/c1-11-2-4-12(5-3-11)8-15(19)13-9-16-17(10-14(13)18)21-7-6-20-16/h2-5,9-10,15H,6-8H2,1H3. The maximum absolute atomic E-state index is 6.60. The quantitative estimate of drug-likeness (QED) is 0.707. The van der Waals surface area contributed by atoms with Gasteiger partial charge in [0.1, 0.15) is 13.2 Å². The van der Waals surface area contributed by atoms with Gasteiger partial charge >= 0.3 is 0 Å². The van der Waals surface area contributed by atoms with Gasteiger partial charge < -0.3 is 9.47 Å². The van der Waals surface area contributed by atoms with Crippen LogP contribution in [-0.2, 0) is 6.42 Å². The van der Waals surface area contributed by atoms with E-state index < -0.39 is 0 Å². The Morgan fingerprint density at radius 2 is 1.71 bits per heavy atom. The third-order valence-electron chi connectivity index (χ3n) is 3.53. The van der Waals surface area contributed by atoms with E-state index in [4.69, 9.17) is 21.1 Å². The van der Waals surface area contributed by atoms with Crippen molar-refractivity contribution in [2.24, 2.45) is 0 Å². The average molecular weight is 368 g/mol. The van der Waals surface area contributed by atoms with Gasteiger partial charge in [-0.05, 0) is 36.6 Å². The Morgan fingerprint density at radius 1 is 1.10 bits per heavy atom. The summed E-state index contributed by atoms with van der Waals surface area (Å²) in [7, 11) is 0. The smallest absolute Gasteiger partial charge is 0.162 e. The molecule has 1 atom stereocenters. The number of fused-ring (bicyclic) bond motifs is 1. The topological polar surface area (TPSA) is 18.5 Å². The van der Waals surface area contributed by atoms with Crippen molar-refractivity contribution in [1.82, 2.24) is 0 Å². The second-order valence-corrected chi connectivity index (χ2v) is 6.56. The maximum Gasteiger partial charge on any atom is 0.162 e. The summed E-state index contributed by atoms with van der Waals surface area (Å²) >= 11 is 10.2. The van der Waals surface area contributed by atoms with Gasteiger partial charge in [0.05, 0.1) is 5.38 Å². The van der Waals surface area contributed by atoms with E-state index in [9.17, 15) is 0 Å². The summed E-state index contributed by atoms with van der Waals surface area (Å²) in [6.45, 7) is 3.25. The first-order valence-corrected chi connectivity index (χ1v) is 8.15. The highest BCUT2D eigenvalue weighted by molar-refractivity contribution is 9.10. The minimum Gasteiger partial charge on any atom is -0.486 e. The number of ether oxygens (including phenoxy) is 2. The molecule has 0 fully saturated rings. The molecule has 0 amide bonds. The highest BCUT2D eigenvalue weighted by Gasteiger charge is 2.19. The summed E-state index contributed by atoms with van der Waals surface area (Å²) < 4.78 is 12.2. The largest absolute Gasteiger partial charge is 0.486 e. The summed E-state index contributed by atoms with van der Waals surface area (Å²) in [5, 5.41) is -0.113. The van der Waals surface area contributed by atoms with E-state index in [1.165, 1.54) is 11.1 Å². The predicted octanol–water partition coefficient (Wildman–Crippen LogP) is 5.05. The molecule has 1 unspecified atom stereocenters. The van der Waals surface area contributed by atoms with E-state index in [0.717, 1.165) is 28.0 Å². The summed E-state index contributed by atoms with van der Waals surface area (Å²) in [5.74, 6) is 1.55. The molecule has 4 heteroatoms. The van der Waals surface area contributed by atoms with E-state index in [-0.39, 0.29) is 5.38 Å². The van der Waals surface area contributed by atoms with Gasteiger partial charge in [0.15, 0.2) is 11.5 Å². The van der Waals surface area contributed by atoms with Crippen LogP contribution in [0.25, 0.3) is 0 Å². The van der Waals surface area contributed by atoms with Crippen LogP contribution in [0, 0.1) is 6.92 Å². The fourth-order valence-corrected chi connectivity index (χ4v) is 3.45. The first-order chi connectivity index (χ1) is 10.1. The minimum absolute atomic E-state index is 0.113. The molecule has 0 saturated heterocycles. The van der Waals surface area contributed by atoms with Crippen molar-refractivity contribution in [1.29, 1.82) is 0 Å². The number of alkyl halides is 1. The van der Waals surface area contributed by atoms with Crippen molar-refractivity contribution in [3.05, 3.63) is 57.6 Å². The molecule has 1 heterocycles. The van der Waals surface area contributed by atoms with E-state index in [0.29, 0.717) is 13.2 Å². The third kappa shape index (κ3) is 3.35. The molecule has 0 aromatic heterocycles. The van der Waals surface area contributed by atoms with Crippen LogP contribution in [0.5, 0.6) is 11.5 Å². The molecule has 3 rings (SSSR count). The van der Waals surface area contributed by atoms with Gasteiger partial charge in [-0.25, -0.2) is 0 Å². The van der Waals surface area contributed by atoms with Crippen LogP contribution >= 0.6 is 27.5 Å². The molecule has 110 valence electrons. The van der Waals surface area contributed by atoms with Crippen LogP contribution in [0.15, 0.2) is 40.9 Å². The van der Waals surface area contributed by atoms with Gasteiger partial charge in [-0.15, -0.1) is 11.6 Å². The Balaban J connectivity index is 1.83. The van der Waals surface area contributed by atoms with E-state index in [2.05, 4.69) is 47.1 Å². The summed E-state index contributed by atoms with van der Waals surface area (Å²) in [4.78, 5) is 0. The van der Waals surface area contributed by atoms with Crippen molar-refractivity contribution in [2.45, 2.75) is 18.7 Å². The molecule has 1 aliphatic rings. The highest BCUT2D eigenvalue weighted by atomic mass is 79.9. The van der Waals surface area contributed by atoms with E-state index >= 15 is 0 Å². The molecule has 21 heavy (non-hydrogen) atoms.